The molecule has 0 aromatic heterocycles. The van der Waals surface area contributed by atoms with Gasteiger partial charge in [0.25, 0.3) is 11.8 Å². The van der Waals surface area contributed by atoms with Gasteiger partial charge in [0, 0.05) is 28.7 Å². The number of hydrogen-bond acceptors (Lipinski definition) is 11. The van der Waals surface area contributed by atoms with E-state index in [0.29, 0.717) is 34.1 Å². The van der Waals surface area contributed by atoms with Crippen molar-refractivity contribution in [1.29, 1.82) is 0 Å². The standard InChI is InChI=1S/C41H50ClN3O11Si/c1-22-37(57(3,4)28-14-12-27(54-2)13-15-28)31(19-32(47)44-17-5-6-26(44)21-46)56-41(22)29-18-24(42)9-16-30(29)45(40(41)53)20-23-7-10-25(11-8-23)43-38(51)36-34(49)33(48)35(50)39(52)55-36/h7-16,18,22,26,31,33-37,39,46,48-50,52H,5-6,17,19-21H2,1-4H3,(H,43,51)/t22-,26+,31+,33+,34+,35-,36+,37-,39-,41+/m1/s1. The lowest BCUT2D eigenvalue weighted by atomic mass is 9.82. The highest BCUT2D eigenvalue weighted by Gasteiger charge is 2.66. The number of halogens is 1. The zero-order valence-corrected chi connectivity index (χ0v) is 34.0. The number of nitrogens with one attached hydrogen (secondary N) is 1. The Kier molecular flexibility index (Phi) is 11.6. The molecule has 0 bridgehead atoms. The first kappa shape index (κ1) is 41.3. The van der Waals surface area contributed by atoms with Crippen LogP contribution in [0.4, 0.5) is 11.4 Å². The molecule has 0 radical (unpaired) electrons. The van der Waals surface area contributed by atoms with Gasteiger partial charge in [-0.05, 0) is 66.4 Å². The summed E-state index contributed by atoms with van der Waals surface area (Å²) in [6, 6.07) is 19.7. The van der Waals surface area contributed by atoms with Crippen LogP contribution in [0.1, 0.15) is 37.3 Å². The first-order valence-corrected chi connectivity index (χ1v) is 22.7. The lowest BCUT2D eigenvalue weighted by Gasteiger charge is -2.37. The third kappa shape index (κ3) is 7.27. The van der Waals surface area contributed by atoms with Crippen molar-refractivity contribution < 1.29 is 54.1 Å². The summed E-state index contributed by atoms with van der Waals surface area (Å²) in [7, 11) is -0.928. The largest absolute Gasteiger partial charge is 0.497 e. The van der Waals surface area contributed by atoms with E-state index in [4.69, 9.17) is 25.8 Å². The fourth-order valence-electron chi connectivity index (χ4n) is 9.45. The first-order chi connectivity index (χ1) is 27.1. The van der Waals surface area contributed by atoms with Crippen molar-refractivity contribution >= 4 is 54.0 Å². The summed E-state index contributed by atoms with van der Waals surface area (Å²) in [4.78, 5) is 45.5. The van der Waals surface area contributed by atoms with E-state index in [2.05, 4.69) is 30.5 Å². The number of aliphatic hydroxyl groups excluding tert-OH is 5. The SMILES string of the molecule is COc1ccc([Si](C)(C)[C@H]2[C@H](CC(=O)N3CCC[C@H]3CO)O[C@@]3(C(=O)N(Cc4ccc(NC(=O)[C@H]5O[C@@H](O)[C@H](O)[C@@H](O)[C@@H]5O)cc4)c4ccc(Cl)cc43)[C@@H]2C)cc1. The third-order valence-corrected chi connectivity index (χ3v) is 17.1. The van der Waals surface area contributed by atoms with Crippen molar-refractivity contribution in [2.45, 2.75) is 99.8 Å². The van der Waals surface area contributed by atoms with Crippen molar-refractivity contribution in [1.82, 2.24) is 4.90 Å². The Morgan fingerprint density at radius 1 is 1.00 bits per heavy atom. The maximum atomic E-state index is 15.2. The molecule has 4 aliphatic rings. The summed E-state index contributed by atoms with van der Waals surface area (Å²) in [5.41, 5.74) is 0.651. The molecule has 14 nitrogen and oxygen atoms in total. The molecule has 0 unspecified atom stereocenters. The van der Waals surface area contributed by atoms with Crippen LogP contribution in [0.15, 0.2) is 66.7 Å². The lowest BCUT2D eigenvalue weighted by Crippen LogP contribution is -2.60. The molecule has 0 aliphatic carbocycles. The first-order valence-electron chi connectivity index (χ1n) is 19.2. The fourth-order valence-corrected chi connectivity index (χ4v) is 13.6. The van der Waals surface area contributed by atoms with Crippen LogP contribution in [0.2, 0.25) is 23.7 Å². The van der Waals surface area contributed by atoms with Gasteiger partial charge in [-0.25, -0.2) is 0 Å². The molecule has 3 aromatic carbocycles. The predicted octanol–water partition coefficient (Wildman–Crippen LogP) is 2.22. The number of hydrogen-bond donors (Lipinski definition) is 6. The van der Waals surface area contributed by atoms with Crippen LogP contribution in [-0.4, -0.2) is 119 Å². The highest BCUT2D eigenvalue weighted by atomic mass is 35.5. The van der Waals surface area contributed by atoms with Crippen molar-refractivity contribution in [2.75, 3.05) is 30.5 Å². The number of benzene rings is 3. The number of rotatable bonds is 10. The average Bonchev–Trinajstić information content (AvgIpc) is 3.86. The van der Waals surface area contributed by atoms with E-state index >= 15 is 4.79 Å². The second-order valence-corrected chi connectivity index (χ2v) is 21.2. The molecule has 6 N–H and O–H groups in total. The van der Waals surface area contributed by atoms with Crippen LogP contribution in [0.3, 0.4) is 0 Å². The molecule has 16 heteroatoms. The van der Waals surface area contributed by atoms with Gasteiger partial charge in [-0.1, -0.05) is 61.1 Å². The summed E-state index contributed by atoms with van der Waals surface area (Å²) in [5.74, 6) is -0.879. The van der Waals surface area contributed by atoms with Gasteiger partial charge in [-0.3, -0.25) is 14.4 Å². The van der Waals surface area contributed by atoms with Gasteiger partial charge >= 0.3 is 0 Å². The number of aliphatic hydroxyl groups is 5. The molecule has 57 heavy (non-hydrogen) atoms. The maximum Gasteiger partial charge on any atom is 0.264 e. The summed E-state index contributed by atoms with van der Waals surface area (Å²) in [5, 5.41) is 54.1. The lowest BCUT2D eigenvalue weighted by molar-refractivity contribution is -0.274. The van der Waals surface area contributed by atoms with Crippen LogP contribution in [0, 0.1) is 5.92 Å². The number of fused-ring (bicyclic) bond motifs is 2. The number of amides is 3. The number of likely N-dealkylation sites (tertiary alicyclic amines) is 1. The topological polar surface area (TPSA) is 199 Å². The molecule has 3 saturated heterocycles. The van der Waals surface area contributed by atoms with Gasteiger partial charge in [0.15, 0.2) is 18.0 Å². The minimum absolute atomic E-state index is 0.0532. The van der Waals surface area contributed by atoms with Gasteiger partial charge in [-0.15, -0.1) is 0 Å². The van der Waals surface area contributed by atoms with Crippen LogP contribution in [-0.2, 0) is 36.0 Å². The monoisotopic (exact) mass is 823 g/mol. The van der Waals surface area contributed by atoms with Gasteiger partial charge in [0.2, 0.25) is 5.91 Å². The van der Waals surface area contributed by atoms with Crippen molar-refractivity contribution in [3.63, 3.8) is 0 Å². The Bertz CT molecular complexity index is 1990. The molecule has 7 rings (SSSR count). The van der Waals surface area contributed by atoms with E-state index in [-0.39, 0.29) is 48.9 Å². The smallest absolute Gasteiger partial charge is 0.264 e. The molecule has 3 fully saturated rings. The van der Waals surface area contributed by atoms with Crippen molar-refractivity contribution in [3.8, 4) is 5.75 Å². The van der Waals surface area contributed by atoms with E-state index < -0.39 is 56.4 Å². The minimum atomic E-state index is -2.55. The molecular weight excluding hydrogens is 774 g/mol. The number of ether oxygens (including phenoxy) is 3. The van der Waals surface area contributed by atoms with Gasteiger partial charge < -0.3 is 54.9 Å². The number of anilines is 2. The molecule has 3 amide bonds. The van der Waals surface area contributed by atoms with Crippen LogP contribution < -0.4 is 20.1 Å². The second kappa shape index (κ2) is 16.0. The van der Waals surface area contributed by atoms with Gasteiger partial charge in [0.05, 0.1) is 52.6 Å². The number of nitrogens with zero attached hydrogens (tertiary/aromatic N) is 2. The third-order valence-electron chi connectivity index (χ3n) is 12.5. The summed E-state index contributed by atoms with van der Waals surface area (Å²) in [6.45, 7) is 7.11. The average molecular weight is 824 g/mol. The quantitative estimate of drug-likeness (QED) is 0.164. The Morgan fingerprint density at radius 3 is 2.37 bits per heavy atom. The predicted molar refractivity (Wildman–Crippen MR) is 213 cm³/mol. The molecule has 1 spiro atoms. The Morgan fingerprint density at radius 2 is 1.70 bits per heavy atom. The summed E-state index contributed by atoms with van der Waals surface area (Å²) >= 11 is 6.65. The summed E-state index contributed by atoms with van der Waals surface area (Å²) in [6.07, 6.45) is -7.86. The Hall–Kier alpha value is -3.90. The van der Waals surface area contributed by atoms with Crippen LogP contribution in [0.5, 0.6) is 5.75 Å². The van der Waals surface area contributed by atoms with E-state index in [1.165, 1.54) is 0 Å². The van der Waals surface area contributed by atoms with Crippen LogP contribution in [0.25, 0.3) is 0 Å². The number of methoxy groups -OCH3 is 1. The Balaban J connectivity index is 1.18. The van der Waals surface area contributed by atoms with E-state index in [9.17, 15) is 35.1 Å². The number of carbonyl (C=O) groups is 3. The molecule has 4 heterocycles. The molecule has 4 aliphatic heterocycles. The number of carbonyl (C=O) groups excluding carboxylic acids is 3. The molecular formula is C41H50ClN3O11Si. The van der Waals surface area contributed by atoms with E-state index in [1.54, 1.807) is 59.4 Å². The molecule has 306 valence electrons. The van der Waals surface area contributed by atoms with Crippen molar-refractivity contribution in [3.05, 3.63) is 82.9 Å². The van der Waals surface area contributed by atoms with E-state index in [0.717, 1.165) is 23.8 Å². The highest BCUT2D eigenvalue weighted by molar-refractivity contribution is 6.91. The molecule has 3 aromatic rings. The molecule has 0 saturated carbocycles. The van der Waals surface area contributed by atoms with Crippen molar-refractivity contribution in [2.24, 2.45) is 5.92 Å². The highest BCUT2D eigenvalue weighted by Crippen LogP contribution is 2.60. The minimum Gasteiger partial charge on any atom is -0.497 e. The second-order valence-electron chi connectivity index (χ2n) is 16.1. The maximum absolute atomic E-state index is 15.2. The van der Waals surface area contributed by atoms with Gasteiger partial charge in [-0.2, -0.15) is 0 Å². The van der Waals surface area contributed by atoms with Gasteiger partial charge in [0.1, 0.15) is 24.1 Å². The normalized spacial score (nSPS) is 31.2. The Labute approximate surface area is 336 Å². The summed E-state index contributed by atoms with van der Waals surface area (Å²) < 4.78 is 17.6. The van der Waals surface area contributed by atoms with Crippen LogP contribution >= 0.6 is 11.6 Å². The zero-order chi connectivity index (χ0) is 41.0. The fraction of sp³-hybridized carbons (Fsp3) is 0.488. The van der Waals surface area contributed by atoms with E-state index in [1.807, 2.05) is 19.1 Å². The molecule has 10 atom stereocenters. The zero-order valence-electron chi connectivity index (χ0n) is 32.2.